The SMILES string of the molecule is Cc1nc(NCC(C)(C)N)cc(=O)[nH]1. The molecule has 14 heavy (non-hydrogen) atoms. The molecule has 0 amide bonds. The molecule has 5 nitrogen and oxygen atoms in total. The Labute approximate surface area is 82.7 Å². The molecule has 4 N–H and O–H groups in total. The van der Waals surface area contributed by atoms with Gasteiger partial charge in [0, 0.05) is 18.2 Å². The van der Waals surface area contributed by atoms with Gasteiger partial charge in [0.25, 0.3) is 5.56 Å². The second-order valence-corrected chi connectivity index (χ2v) is 4.06. The molecule has 1 aromatic heterocycles. The highest BCUT2D eigenvalue weighted by atomic mass is 16.1. The third-order valence-corrected chi connectivity index (χ3v) is 1.59. The van der Waals surface area contributed by atoms with Crippen molar-refractivity contribution in [3.8, 4) is 0 Å². The van der Waals surface area contributed by atoms with E-state index in [9.17, 15) is 4.79 Å². The van der Waals surface area contributed by atoms with Gasteiger partial charge in [-0.05, 0) is 20.8 Å². The molecule has 0 radical (unpaired) electrons. The number of rotatable bonds is 3. The fourth-order valence-corrected chi connectivity index (χ4v) is 0.988. The summed E-state index contributed by atoms with van der Waals surface area (Å²) in [5.41, 5.74) is 5.30. The van der Waals surface area contributed by atoms with Gasteiger partial charge in [-0.15, -0.1) is 0 Å². The molecular weight excluding hydrogens is 180 g/mol. The molecule has 1 heterocycles. The largest absolute Gasteiger partial charge is 0.368 e. The van der Waals surface area contributed by atoms with Crippen molar-refractivity contribution >= 4 is 5.82 Å². The molecule has 0 saturated heterocycles. The molecule has 0 saturated carbocycles. The molecule has 1 aromatic rings. The average molecular weight is 196 g/mol. The fourth-order valence-electron chi connectivity index (χ4n) is 0.988. The molecule has 78 valence electrons. The zero-order valence-electron chi connectivity index (χ0n) is 8.72. The van der Waals surface area contributed by atoms with Crippen LogP contribution in [0.5, 0.6) is 0 Å². The van der Waals surface area contributed by atoms with E-state index in [0.717, 1.165) is 0 Å². The monoisotopic (exact) mass is 196 g/mol. The second kappa shape index (κ2) is 3.79. The van der Waals surface area contributed by atoms with E-state index >= 15 is 0 Å². The summed E-state index contributed by atoms with van der Waals surface area (Å²) in [7, 11) is 0. The lowest BCUT2D eigenvalue weighted by molar-refractivity contribution is 0.548. The molecular formula is C9H16N4O. The lowest BCUT2D eigenvalue weighted by atomic mass is 10.1. The summed E-state index contributed by atoms with van der Waals surface area (Å²) < 4.78 is 0. The Kier molecular flexibility index (Phi) is 2.90. The summed E-state index contributed by atoms with van der Waals surface area (Å²) in [5, 5.41) is 3.01. The van der Waals surface area contributed by atoms with Crippen molar-refractivity contribution < 1.29 is 0 Å². The van der Waals surface area contributed by atoms with Crippen LogP contribution in [-0.2, 0) is 0 Å². The van der Waals surface area contributed by atoms with E-state index in [-0.39, 0.29) is 11.1 Å². The number of anilines is 1. The summed E-state index contributed by atoms with van der Waals surface area (Å²) in [6, 6.07) is 1.42. The fraction of sp³-hybridized carbons (Fsp3) is 0.556. The van der Waals surface area contributed by atoms with Gasteiger partial charge < -0.3 is 16.0 Å². The van der Waals surface area contributed by atoms with Crippen molar-refractivity contribution in [2.45, 2.75) is 26.3 Å². The number of nitrogens with two attached hydrogens (primary N) is 1. The summed E-state index contributed by atoms with van der Waals surface area (Å²) in [6.45, 7) is 6.11. The number of aryl methyl sites for hydroxylation is 1. The van der Waals surface area contributed by atoms with Crippen molar-refractivity contribution in [2.24, 2.45) is 5.73 Å². The van der Waals surface area contributed by atoms with Gasteiger partial charge in [0.15, 0.2) is 0 Å². The first kappa shape index (κ1) is 10.7. The summed E-state index contributed by atoms with van der Waals surface area (Å²) in [4.78, 5) is 17.8. The third kappa shape index (κ3) is 3.57. The highest BCUT2D eigenvalue weighted by Gasteiger charge is 2.10. The summed E-state index contributed by atoms with van der Waals surface area (Å²) in [6.07, 6.45) is 0. The predicted octanol–water partition coefficient (Wildman–Crippen LogP) is 0.228. The normalized spacial score (nSPS) is 11.4. The number of nitrogens with one attached hydrogen (secondary N) is 2. The Morgan fingerprint density at radius 1 is 1.64 bits per heavy atom. The van der Waals surface area contributed by atoms with Gasteiger partial charge in [-0.1, -0.05) is 0 Å². The molecule has 0 aliphatic heterocycles. The number of nitrogens with zero attached hydrogens (tertiary/aromatic N) is 1. The molecule has 0 spiro atoms. The molecule has 0 aliphatic carbocycles. The van der Waals surface area contributed by atoms with Gasteiger partial charge in [0.2, 0.25) is 0 Å². The van der Waals surface area contributed by atoms with Crippen LogP contribution in [0.25, 0.3) is 0 Å². The quantitative estimate of drug-likeness (QED) is 0.646. The van der Waals surface area contributed by atoms with Crippen LogP contribution in [0.4, 0.5) is 5.82 Å². The van der Waals surface area contributed by atoms with Crippen molar-refractivity contribution in [1.82, 2.24) is 9.97 Å². The lowest BCUT2D eigenvalue weighted by Crippen LogP contribution is -2.40. The first-order valence-corrected chi connectivity index (χ1v) is 4.47. The Bertz CT molecular complexity index is 364. The molecule has 5 heteroatoms. The smallest absolute Gasteiger partial charge is 0.252 e. The van der Waals surface area contributed by atoms with Crippen LogP contribution in [0.1, 0.15) is 19.7 Å². The summed E-state index contributed by atoms with van der Waals surface area (Å²) >= 11 is 0. The van der Waals surface area contributed by atoms with Crippen LogP contribution in [0.15, 0.2) is 10.9 Å². The van der Waals surface area contributed by atoms with Crippen LogP contribution < -0.4 is 16.6 Å². The van der Waals surface area contributed by atoms with Crippen molar-refractivity contribution in [3.05, 3.63) is 22.2 Å². The van der Waals surface area contributed by atoms with Gasteiger partial charge in [-0.3, -0.25) is 4.79 Å². The van der Waals surface area contributed by atoms with Crippen LogP contribution in [0, 0.1) is 6.92 Å². The Morgan fingerprint density at radius 3 is 2.79 bits per heavy atom. The van der Waals surface area contributed by atoms with Crippen LogP contribution in [-0.4, -0.2) is 22.1 Å². The topological polar surface area (TPSA) is 83.8 Å². The molecule has 0 bridgehead atoms. The van der Waals surface area contributed by atoms with Gasteiger partial charge in [-0.25, -0.2) is 4.98 Å². The maximum Gasteiger partial charge on any atom is 0.252 e. The van der Waals surface area contributed by atoms with Gasteiger partial charge >= 0.3 is 0 Å². The lowest BCUT2D eigenvalue weighted by Gasteiger charge is -2.19. The first-order valence-electron chi connectivity index (χ1n) is 4.47. The number of H-pyrrole nitrogens is 1. The highest BCUT2D eigenvalue weighted by molar-refractivity contribution is 5.33. The molecule has 0 unspecified atom stereocenters. The van der Waals surface area contributed by atoms with Gasteiger partial charge in [0.1, 0.15) is 11.6 Å². The van der Waals surface area contributed by atoms with Crippen LogP contribution in [0.3, 0.4) is 0 Å². The Hall–Kier alpha value is -1.36. The van der Waals surface area contributed by atoms with E-state index in [0.29, 0.717) is 18.2 Å². The van der Waals surface area contributed by atoms with Crippen LogP contribution in [0.2, 0.25) is 0 Å². The van der Waals surface area contributed by atoms with Gasteiger partial charge in [-0.2, -0.15) is 0 Å². The minimum Gasteiger partial charge on any atom is -0.368 e. The minimum atomic E-state index is -0.321. The van der Waals surface area contributed by atoms with E-state index in [2.05, 4.69) is 15.3 Å². The van der Waals surface area contributed by atoms with Crippen LogP contribution >= 0.6 is 0 Å². The van der Waals surface area contributed by atoms with Crippen molar-refractivity contribution in [1.29, 1.82) is 0 Å². The summed E-state index contributed by atoms with van der Waals surface area (Å²) in [5.74, 6) is 1.15. The molecule has 1 rings (SSSR count). The third-order valence-electron chi connectivity index (χ3n) is 1.59. The van der Waals surface area contributed by atoms with E-state index < -0.39 is 0 Å². The number of aromatic nitrogens is 2. The minimum absolute atomic E-state index is 0.158. The molecule has 0 aliphatic rings. The Balaban J connectivity index is 2.73. The Morgan fingerprint density at radius 2 is 2.29 bits per heavy atom. The van der Waals surface area contributed by atoms with Gasteiger partial charge in [0.05, 0.1) is 0 Å². The maximum absolute atomic E-state index is 11.1. The highest BCUT2D eigenvalue weighted by Crippen LogP contribution is 2.01. The standard InChI is InChI=1S/C9H16N4O/c1-6-12-7(4-8(14)13-6)11-5-9(2,3)10/h4H,5,10H2,1-3H3,(H2,11,12,13,14). The van der Waals surface area contributed by atoms with Crippen molar-refractivity contribution in [3.63, 3.8) is 0 Å². The second-order valence-electron chi connectivity index (χ2n) is 4.06. The first-order chi connectivity index (χ1) is 6.37. The number of hydrogen-bond acceptors (Lipinski definition) is 4. The maximum atomic E-state index is 11.1. The van der Waals surface area contributed by atoms with E-state index in [1.54, 1.807) is 6.92 Å². The molecule has 0 atom stereocenters. The number of hydrogen-bond donors (Lipinski definition) is 3. The van der Waals surface area contributed by atoms with E-state index in [4.69, 9.17) is 5.73 Å². The molecule has 0 aromatic carbocycles. The number of aromatic amines is 1. The zero-order chi connectivity index (χ0) is 10.8. The molecule has 0 fully saturated rings. The predicted molar refractivity (Wildman–Crippen MR) is 56.4 cm³/mol. The average Bonchev–Trinajstić information content (AvgIpc) is 1.97. The van der Waals surface area contributed by atoms with E-state index in [1.165, 1.54) is 6.07 Å². The zero-order valence-corrected chi connectivity index (χ0v) is 8.72. The van der Waals surface area contributed by atoms with Crippen molar-refractivity contribution in [2.75, 3.05) is 11.9 Å². The van der Waals surface area contributed by atoms with E-state index in [1.807, 2.05) is 13.8 Å².